The first-order valence-electron chi connectivity index (χ1n) is 4.85. The van der Waals surface area contributed by atoms with E-state index in [4.69, 9.17) is 4.74 Å². The molecule has 0 aliphatic carbocycles. The second-order valence-electron chi connectivity index (χ2n) is 3.72. The Morgan fingerprint density at radius 3 is 3.08 bits per heavy atom. The van der Waals surface area contributed by atoms with E-state index < -0.39 is 0 Å². The first kappa shape index (κ1) is 9.19. The lowest BCUT2D eigenvalue weighted by atomic mass is 9.90. The lowest BCUT2D eigenvalue weighted by Gasteiger charge is -2.35. The summed E-state index contributed by atoms with van der Waals surface area (Å²) >= 11 is 1.97. The predicted molar refractivity (Wildman–Crippen MR) is 53.0 cm³/mol. The average Bonchev–Trinajstić information content (AvgIpc) is 2.31. The van der Waals surface area contributed by atoms with Crippen LogP contribution in [0.25, 0.3) is 0 Å². The summed E-state index contributed by atoms with van der Waals surface area (Å²) in [5.41, 5.74) is -0.119. The fourth-order valence-corrected chi connectivity index (χ4v) is 3.08. The number of thioether (sulfide) groups is 1. The molecular weight excluding hydrogens is 186 g/mol. The molecule has 0 bridgehead atoms. The van der Waals surface area contributed by atoms with Crippen molar-refractivity contribution in [3.8, 4) is 0 Å². The molecule has 2 aliphatic rings. The van der Waals surface area contributed by atoms with E-state index in [0.29, 0.717) is 0 Å². The van der Waals surface area contributed by atoms with Crippen LogP contribution in [0.15, 0.2) is 0 Å². The minimum absolute atomic E-state index is 0.119. The molecule has 3 nitrogen and oxygen atoms in total. The number of amides is 1. The molecule has 13 heavy (non-hydrogen) atoms. The van der Waals surface area contributed by atoms with Gasteiger partial charge in [-0.2, -0.15) is 11.8 Å². The van der Waals surface area contributed by atoms with Crippen LogP contribution in [0.5, 0.6) is 0 Å². The zero-order valence-electron chi connectivity index (χ0n) is 7.67. The topological polar surface area (TPSA) is 38.3 Å². The van der Waals surface area contributed by atoms with Crippen molar-refractivity contribution in [2.45, 2.75) is 31.3 Å². The van der Waals surface area contributed by atoms with Gasteiger partial charge in [0.1, 0.15) is 5.60 Å². The Balaban J connectivity index is 2.02. The lowest BCUT2D eigenvalue weighted by Crippen LogP contribution is -2.47. The third kappa shape index (κ3) is 2.10. The van der Waals surface area contributed by atoms with E-state index in [0.717, 1.165) is 31.6 Å². The summed E-state index contributed by atoms with van der Waals surface area (Å²) < 4.78 is 5.43. The van der Waals surface area contributed by atoms with E-state index in [1.165, 1.54) is 12.2 Å². The van der Waals surface area contributed by atoms with Gasteiger partial charge in [-0.25, -0.2) is 4.79 Å². The molecule has 0 aromatic rings. The quantitative estimate of drug-likeness (QED) is 0.649. The van der Waals surface area contributed by atoms with Gasteiger partial charge in [0.15, 0.2) is 0 Å². The van der Waals surface area contributed by atoms with Gasteiger partial charge in [0.2, 0.25) is 0 Å². The summed E-state index contributed by atoms with van der Waals surface area (Å²) in [5, 5.41) is 2.71. The molecule has 2 heterocycles. The fourth-order valence-electron chi connectivity index (χ4n) is 2.01. The van der Waals surface area contributed by atoms with Crippen LogP contribution < -0.4 is 5.32 Å². The van der Waals surface area contributed by atoms with Gasteiger partial charge in [-0.15, -0.1) is 0 Å². The first-order valence-corrected chi connectivity index (χ1v) is 6.01. The number of nitrogens with one attached hydrogen (secondary N) is 1. The van der Waals surface area contributed by atoms with Gasteiger partial charge in [-0.05, 0) is 30.8 Å². The normalized spacial score (nSPS) is 34.9. The Kier molecular flexibility index (Phi) is 2.67. The SMILES string of the molecule is O=C1NCCC2(CCCSCC2)O1. The highest BCUT2D eigenvalue weighted by Gasteiger charge is 2.37. The largest absolute Gasteiger partial charge is 0.443 e. The Hall–Kier alpha value is -0.380. The highest BCUT2D eigenvalue weighted by molar-refractivity contribution is 7.99. The van der Waals surface area contributed by atoms with Crippen molar-refractivity contribution in [1.82, 2.24) is 5.32 Å². The van der Waals surface area contributed by atoms with Crippen molar-refractivity contribution in [3.63, 3.8) is 0 Å². The second-order valence-corrected chi connectivity index (χ2v) is 4.94. The van der Waals surface area contributed by atoms with Crippen LogP contribution in [0.3, 0.4) is 0 Å². The van der Waals surface area contributed by atoms with Gasteiger partial charge in [0.25, 0.3) is 0 Å². The zero-order chi connectivity index (χ0) is 9.15. The first-order chi connectivity index (χ1) is 6.31. The van der Waals surface area contributed by atoms with Crippen molar-refractivity contribution in [3.05, 3.63) is 0 Å². The van der Waals surface area contributed by atoms with Crippen molar-refractivity contribution in [2.75, 3.05) is 18.1 Å². The molecule has 2 fully saturated rings. The van der Waals surface area contributed by atoms with Crippen LogP contribution in [0.1, 0.15) is 25.7 Å². The third-order valence-electron chi connectivity index (χ3n) is 2.78. The van der Waals surface area contributed by atoms with E-state index in [-0.39, 0.29) is 11.7 Å². The van der Waals surface area contributed by atoms with E-state index >= 15 is 0 Å². The number of carbonyl (C=O) groups excluding carboxylic acids is 1. The van der Waals surface area contributed by atoms with Crippen LogP contribution in [-0.2, 0) is 4.74 Å². The number of hydrogen-bond donors (Lipinski definition) is 1. The molecule has 1 amide bonds. The Morgan fingerprint density at radius 1 is 1.31 bits per heavy atom. The van der Waals surface area contributed by atoms with E-state index in [1.807, 2.05) is 11.8 Å². The molecule has 0 radical (unpaired) electrons. The van der Waals surface area contributed by atoms with E-state index in [1.54, 1.807) is 0 Å². The van der Waals surface area contributed by atoms with Gasteiger partial charge in [-0.3, -0.25) is 0 Å². The zero-order valence-corrected chi connectivity index (χ0v) is 8.49. The predicted octanol–water partition coefficient (Wildman–Crippen LogP) is 1.77. The second kappa shape index (κ2) is 3.78. The fraction of sp³-hybridized carbons (Fsp3) is 0.889. The minimum atomic E-state index is -0.224. The van der Waals surface area contributed by atoms with Crippen molar-refractivity contribution >= 4 is 17.9 Å². The number of hydrogen-bond acceptors (Lipinski definition) is 3. The van der Waals surface area contributed by atoms with Crippen LogP contribution in [0, 0.1) is 0 Å². The van der Waals surface area contributed by atoms with Gasteiger partial charge < -0.3 is 10.1 Å². The molecule has 0 aromatic heterocycles. The maximum Gasteiger partial charge on any atom is 0.407 e. The van der Waals surface area contributed by atoms with Crippen molar-refractivity contribution < 1.29 is 9.53 Å². The number of rotatable bonds is 0. The average molecular weight is 201 g/mol. The molecule has 74 valence electrons. The molecule has 0 aromatic carbocycles. The highest BCUT2D eigenvalue weighted by atomic mass is 32.2. The molecular formula is C9H15NO2S. The molecule has 2 saturated heterocycles. The van der Waals surface area contributed by atoms with Gasteiger partial charge in [0, 0.05) is 13.0 Å². The van der Waals surface area contributed by atoms with Crippen molar-refractivity contribution in [1.29, 1.82) is 0 Å². The third-order valence-corrected chi connectivity index (χ3v) is 3.85. The van der Waals surface area contributed by atoms with Crippen LogP contribution in [0.4, 0.5) is 4.79 Å². The molecule has 2 aliphatic heterocycles. The Labute approximate surface area is 82.6 Å². The standard InChI is InChI=1S/C9H15NO2S/c11-8-10-5-3-9(12-8)2-1-6-13-7-4-9/h1-7H2,(H,10,11). The summed E-state index contributed by atoms with van der Waals surface area (Å²) in [6, 6.07) is 0. The smallest absolute Gasteiger partial charge is 0.407 e. The highest BCUT2D eigenvalue weighted by Crippen LogP contribution is 2.33. The molecule has 1 spiro atoms. The van der Waals surface area contributed by atoms with Crippen LogP contribution in [-0.4, -0.2) is 29.7 Å². The minimum Gasteiger partial charge on any atom is -0.443 e. The maximum atomic E-state index is 11.1. The number of ether oxygens (including phenoxy) is 1. The van der Waals surface area contributed by atoms with Crippen molar-refractivity contribution in [2.24, 2.45) is 0 Å². The maximum absolute atomic E-state index is 11.1. The molecule has 0 saturated carbocycles. The molecule has 2 rings (SSSR count). The molecule has 1 atom stereocenters. The molecule has 1 N–H and O–H groups in total. The molecule has 1 unspecified atom stereocenters. The van der Waals surface area contributed by atoms with Gasteiger partial charge in [-0.1, -0.05) is 0 Å². The van der Waals surface area contributed by atoms with Gasteiger partial charge in [0.05, 0.1) is 0 Å². The van der Waals surface area contributed by atoms with Crippen LogP contribution in [0.2, 0.25) is 0 Å². The molecule has 4 heteroatoms. The summed E-state index contributed by atoms with van der Waals surface area (Å²) in [5.74, 6) is 2.35. The van der Waals surface area contributed by atoms with Gasteiger partial charge >= 0.3 is 6.09 Å². The summed E-state index contributed by atoms with van der Waals surface area (Å²) in [6.45, 7) is 0.781. The summed E-state index contributed by atoms with van der Waals surface area (Å²) in [7, 11) is 0. The van der Waals surface area contributed by atoms with E-state index in [2.05, 4.69) is 5.32 Å². The Bertz CT molecular complexity index is 200. The number of alkyl carbamates (subject to hydrolysis) is 1. The monoisotopic (exact) mass is 201 g/mol. The summed E-state index contributed by atoms with van der Waals surface area (Å²) in [4.78, 5) is 11.1. The van der Waals surface area contributed by atoms with Crippen LogP contribution >= 0.6 is 11.8 Å². The number of carbonyl (C=O) groups is 1. The summed E-state index contributed by atoms with van der Waals surface area (Å²) in [6.07, 6.45) is 4.02. The Morgan fingerprint density at radius 2 is 2.23 bits per heavy atom. The van der Waals surface area contributed by atoms with E-state index in [9.17, 15) is 4.79 Å². The lowest BCUT2D eigenvalue weighted by molar-refractivity contribution is -0.0203.